The quantitative estimate of drug-likeness (QED) is 0.751. The van der Waals surface area contributed by atoms with Gasteiger partial charge in [0.05, 0.1) is 0 Å². The van der Waals surface area contributed by atoms with Crippen LogP contribution in [0.2, 0.25) is 0 Å². The van der Waals surface area contributed by atoms with Gasteiger partial charge in [0.2, 0.25) is 0 Å². The third-order valence-electron chi connectivity index (χ3n) is 3.33. The van der Waals surface area contributed by atoms with Crippen molar-refractivity contribution in [1.29, 1.82) is 0 Å². The van der Waals surface area contributed by atoms with Gasteiger partial charge in [-0.25, -0.2) is 0 Å². The van der Waals surface area contributed by atoms with Crippen LogP contribution in [0.15, 0.2) is 30.2 Å². The molecule has 0 saturated heterocycles. The smallest absolute Gasteiger partial charge is 0.0451 e. The van der Waals surface area contributed by atoms with E-state index in [9.17, 15) is 0 Å². The predicted octanol–water partition coefficient (Wildman–Crippen LogP) is 4.29. The Morgan fingerprint density at radius 1 is 1.44 bits per heavy atom. The molecule has 16 heavy (non-hydrogen) atoms. The van der Waals surface area contributed by atoms with Gasteiger partial charge in [-0.15, -0.1) is 17.9 Å². The van der Waals surface area contributed by atoms with Crippen LogP contribution < -0.4 is 5.32 Å². The van der Waals surface area contributed by atoms with Gasteiger partial charge in [-0.2, -0.15) is 0 Å². The molecule has 1 aliphatic carbocycles. The Morgan fingerprint density at radius 3 is 2.88 bits per heavy atom. The number of thiophene rings is 1. The Balaban J connectivity index is 1.94. The molecule has 0 spiro atoms. The molecule has 1 unspecified atom stereocenters. The molecule has 0 radical (unpaired) electrons. The Labute approximate surface area is 103 Å². The zero-order chi connectivity index (χ0) is 11.2. The van der Waals surface area contributed by atoms with Gasteiger partial charge in [0.1, 0.15) is 0 Å². The first-order chi connectivity index (χ1) is 7.90. The van der Waals surface area contributed by atoms with Gasteiger partial charge >= 0.3 is 0 Å². The lowest BCUT2D eigenvalue weighted by molar-refractivity contribution is 0.340. The minimum Gasteiger partial charge on any atom is -0.306 e. The zero-order valence-electron chi connectivity index (χ0n) is 9.82. The molecule has 1 atom stereocenters. The molecule has 88 valence electrons. The van der Waals surface area contributed by atoms with E-state index in [1.54, 1.807) is 0 Å². The van der Waals surface area contributed by atoms with Gasteiger partial charge < -0.3 is 5.32 Å². The maximum atomic E-state index is 3.87. The van der Waals surface area contributed by atoms with Gasteiger partial charge in [-0.1, -0.05) is 31.4 Å². The molecule has 2 rings (SSSR count). The van der Waals surface area contributed by atoms with Crippen molar-refractivity contribution in [3.05, 3.63) is 35.0 Å². The summed E-state index contributed by atoms with van der Waals surface area (Å²) in [5, 5.41) is 5.96. The van der Waals surface area contributed by atoms with Crippen LogP contribution in [-0.4, -0.2) is 6.04 Å². The molecule has 0 amide bonds. The van der Waals surface area contributed by atoms with E-state index in [2.05, 4.69) is 29.4 Å². The molecule has 1 aromatic heterocycles. The lowest BCUT2D eigenvalue weighted by Crippen LogP contribution is -2.33. The highest BCUT2D eigenvalue weighted by Gasteiger charge is 2.18. The minimum atomic E-state index is 0.487. The molecule has 1 fully saturated rings. The van der Waals surface area contributed by atoms with Crippen molar-refractivity contribution < 1.29 is 0 Å². The van der Waals surface area contributed by atoms with Gasteiger partial charge in [0.15, 0.2) is 0 Å². The highest BCUT2D eigenvalue weighted by Crippen LogP contribution is 2.26. The molecule has 1 aromatic rings. The fourth-order valence-electron chi connectivity index (χ4n) is 2.48. The van der Waals surface area contributed by atoms with Crippen molar-refractivity contribution in [2.24, 2.45) is 0 Å². The van der Waals surface area contributed by atoms with E-state index < -0.39 is 0 Å². The first-order valence-corrected chi connectivity index (χ1v) is 7.18. The van der Waals surface area contributed by atoms with Crippen LogP contribution in [0.4, 0.5) is 0 Å². The summed E-state index contributed by atoms with van der Waals surface area (Å²) in [4.78, 5) is 1.45. The number of rotatable bonds is 5. The molecule has 0 aliphatic heterocycles. The first-order valence-electron chi connectivity index (χ1n) is 6.30. The molecule has 1 saturated carbocycles. The van der Waals surface area contributed by atoms with Crippen LogP contribution in [0, 0.1) is 0 Å². The summed E-state index contributed by atoms with van der Waals surface area (Å²) in [5.41, 5.74) is 0. The highest BCUT2D eigenvalue weighted by molar-refractivity contribution is 7.10. The average molecular weight is 235 g/mol. The van der Waals surface area contributed by atoms with E-state index in [0.717, 1.165) is 12.5 Å². The Morgan fingerprint density at radius 2 is 2.25 bits per heavy atom. The summed E-state index contributed by atoms with van der Waals surface area (Å²) in [6.07, 6.45) is 9.96. The van der Waals surface area contributed by atoms with E-state index in [0.29, 0.717) is 6.04 Å². The summed E-state index contributed by atoms with van der Waals surface area (Å²) < 4.78 is 0. The maximum absolute atomic E-state index is 3.87. The number of nitrogens with one attached hydrogen (secondary N) is 1. The van der Waals surface area contributed by atoms with Gasteiger partial charge in [0, 0.05) is 17.0 Å². The van der Waals surface area contributed by atoms with Crippen LogP contribution >= 0.6 is 11.3 Å². The molecule has 1 aliphatic rings. The lowest BCUT2D eigenvalue weighted by atomic mass is 9.94. The topological polar surface area (TPSA) is 12.0 Å². The molecule has 1 heterocycles. The van der Waals surface area contributed by atoms with E-state index >= 15 is 0 Å². The van der Waals surface area contributed by atoms with Crippen molar-refractivity contribution in [3.8, 4) is 0 Å². The van der Waals surface area contributed by atoms with Crippen LogP contribution in [-0.2, 0) is 0 Å². The van der Waals surface area contributed by atoms with Crippen molar-refractivity contribution in [3.63, 3.8) is 0 Å². The van der Waals surface area contributed by atoms with Crippen molar-refractivity contribution >= 4 is 11.3 Å². The first kappa shape index (κ1) is 11.9. The predicted molar refractivity (Wildman–Crippen MR) is 71.9 cm³/mol. The molecule has 0 aromatic carbocycles. The van der Waals surface area contributed by atoms with Crippen LogP contribution in [0.25, 0.3) is 0 Å². The monoisotopic (exact) mass is 235 g/mol. The van der Waals surface area contributed by atoms with E-state index in [1.165, 1.54) is 37.0 Å². The molecule has 1 nitrogen and oxygen atoms in total. The Kier molecular flexibility index (Phi) is 4.61. The van der Waals surface area contributed by atoms with Crippen molar-refractivity contribution in [1.82, 2.24) is 5.32 Å². The average Bonchev–Trinajstić information content (AvgIpc) is 2.83. The molecule has 0 bridgehead atoms. The second kappa shape index (κ2) is 6.21. The Bertz CT molecular complexity index is 299. The SMILES string of the molecule is C=CCC(NC1CCCCC1)c1cccs1. The summed E-state index contributed by atoms with van der Waals surface area (Å²) >= 11 is 1.85. The zero-order valence-corrected chi connectivity index (χ0v) is 10.6. The third kappa shape index (κ3) is 3.19. The summed E-state index contributed by atoms with van der Waals surface area (Å²) in [6.45, 7) is 3.87. The maximum Gasteiger partial charge on any atom is 0.0451 e. The highest BCUT2D eigenvalue weighted by atomic mass is 32.1. The van der Waals surface area contributed by atoms with Crippen LogP contribution in [0.5, 0.6) is 0 Å². The second-order valence-electron chi connectivity index (χ2n) is 4.59. The second-order valence-corrected chi connectivity index (χ2v) is 5.57. The third-order valence-corrected chi connectivity index (χ3v) is 4.32. The van der Waals surface area contributed by atoms with Crippen LogP contribution in [0.1, 0.15) is 49.4 Å². The van der Waals surface area contributed by atoms with Gasteiger partial charge in [0.25, 0.3) is 0 Å². The number of hydrogen-bond acceptors (Lipinski definition) is 2. The fraction of sp³-hybridized carbons (Fsp3) is 0.571. The summed E-state index contributed by atoms with van der Waals surface area (Å²) in [7, 11) is 0. The largest absolute Gasteiger partial charge is 0.306 e. The summed E-state index contributed by atoms with van der Waals surface area (Å²) in [5.74, 6) is 0. The van der Waals surface area contributed by atoms with Crippen LogP contribution in [0.3, 0.4) is 0 Å². The van der Waals surface area contributed by atoms with Crippen molar-refractivity contribution in [2.45, 2.75) is 50.6 Å². The Hall–Kier alpha value is -0.600. The van der Waals surface area contributed by atoms with E-state index in [-0.39, 0.29) is 0 Å². The number of hydrogen-bond donors (Lipinski definition) is 1. The fourth-order valence-corrected chi connectivity index (χ4v) is 3.28. The van der Waals surface area contributed by atoms with E-state index in [1.807, 2.05) is 17.4 Å². The molecule has 2 heteroatoms. The molecular weight excluding hydrogens is 214 g/mol. The van der Waals surface area contributed by atoms with Crippen molar-refractivity contribution in [2.75, 3.05) is 0 Å². The van der Waals surface area contributed by atoms with E-state index in [4.69, 9.17) is 0 Å². The lowest BCUT2D eigenvalue weighted by Gasteiger charge is -2.27. The summed E-state index contributed by atoms with van der Waals surface area (Å²) in [6, 6.07) is 5.58. The molecule has 1 N–H and O–H groups in total. The molecular formula is C14H21NS. The van der Waals surface area contributed by atoms with Gasteiger partial charge in [-0.05, 0) is 30.7 Å². The normalized spacial score (nSPS) is 19.5. The standard InChI is InChI=1S/C14H21NS/c1-2-7-13(14-10-6-11-16-14)15-12-8-4-3-5-9-12/h2,6,10-13,15H,1,3-5,7-9H2. The van der Waals surface area contributed by atoms with Gasteiger partial charge in [-0.3, -0.25) is 0 Å². The minimum absolute atomic E-state index is 0.487.